The van der Waals surface area contributed by atoms with Gasteiger partial charge in [-0.1, -0.05) is 34.5 Å². The number of benzene rings is 1. The molecule has 0 heterocycles. The van der Waals surface area contributed by atoms with Gasteiger partial charge >= 0.3 is 0 Å². The average Bonchev–Trinajstić information content (AvgIpc) is 2.35. The van der Waals surface area contributed by atoms with Gasteiger partial charge in [0.1, 0.15) is 12.4 Å². The molecule has 3 heteroatoms. The lowest BCUT2D eigenvalue weighted by molar-refractivity contribution is 0.352. The van der Waals surface area contributed by atoms with Gasteiger partial charge in [0, 0.05) is 16.1 Å². The van der Waals surface area contributed by atoms with Crippen LogP contribution in [0.4, 0.5) is 0 Å². The van der Waals surface area contributed by atoms with Crippen molar-refractivity contribution in [2.24, 2.45) is 0 Å². The lowest BCUT2D eigenvalue weighted by atomic mass is 10.1. The molecule has 0 radical (unpaired) electrons. The van der Waals surface area contributed by atoms with Crippen LogP contribution in [0.3, 0.4) is 0 Å². The van der Waals surface area contributed by atoms with Crippen LogP contribution in [0.1, 0.15) is 45.7 Å². The highest BCUT2D eigenvalue weighted by atomic mass is 79.9. The first kappa shape index (κ1) is 16.3. The molecule has 1 rings (SSSR count). The predicted octanol–water partition coefficient (Wildman–Crippen LogP) is 4.85. The fraction of sp³-hybridized carbons (Fsp3) is 0.500. The molecule has 2 nitrogen and oxygen atoms in total. The molecule has 0 amide bonds. The Labute approximate surface area is 125 Å². The van der Waals surface area contributed by atoms with Gasteiger partial charge in [0.2, 0.25) is 0 Å². The number of rotatable bonds is 7. The zero-order valence-electron chi connectivity index (χ0n) is 12.3. The Morgan fingerprint density at radius 2 is 2.16 bits per heavy atom. The minimum atomic E-state index is 0.301. The maximum Gasteiger partial charge on any atom is 0.125 e. The van der Waals surface area contributed by atoms with E-state index in [1.807, 2.05) is 6.07 Å². The van der Waals surface area contributed by atoms with Crippen LogP contribution in [-0.4, -0.2) is 13.2 Å². The number of hydrogen-bond acceptors (Lipinski definition) is 2. The van der Waals surface area contributed by atoms with E-state index in [0.717, 1.165) is 23.2 Å². The third-order valence-electron chi connectivity index (χ3n) is 2.87. The van der Waals surface area contributed by atoms with Crippen molar-refractivity contribution in [1.29, 1.82) is 0 Å². The van der Waals surface area contributed by atoms with Crippen LogP contribution in [0.2, 0.25) is 0 Å². The maximum atomic E-state index is 5.88. The monoisotopic (exact) mass is 325 g/mol. The normalized spacial score (nSPS) is 12.1. The van der Waals surface area contributed by atoms with E-state index in [4.69, 9.17) is 4.74 Å². The molecule has 0 aliphatic carbocycles. The van der Waals surface area contributed by atoms with Crippen molar-refractivity contribution in [2.45, 2.75) is 40.2 Å². The van der Waals surface area contributed by atoms with Crippen LogP contribution in [0.25, 0.3) is 0 Å². The summed E-state index contributed by atoms with van der Waals surface area (Å²) in [6.07, 6.45) is 3.23. The van der Waals surface area contributed by atoms with Gasteiger partial charge in [-0.15, -0.1) is 0 Å². The fourth-order valence-corrected chi connectivity index (χ4v) is 2.10. The zero-order chi connectivity index (χ0) is 14.3. The second kappa shape index (κ2) is 8.39. The number of hydrogen-bond donors (Lipinski definition) is 1. The predicted molar refractivity (Wildman–Crippen MR) is 85.8 cm³/mol. The highest BCUT2D eigenvalue weighted by molar-refractivity contribution is 9.10. The van der Waals surface area contributed by atoms with E-state index in [2.05, 4.69) is 67.2 Å². The molecule has 0 spiro atoms. The van der Waals surface area contributed by atoms with E-state index in [9.17, 15) is 0 Å². The van der Waals surface area contributed by atoms with E-state index in [1.54, 1.807) is 0 Å². The third-order valence-corrected chi connectivity index (χ3v) is 3.37. The van der Waals surface area contributed by atoms with Crippen LogP contribution in [0, 0.1) is 0 Å². The second-order valence-electron chi connectivity index (χ2n) is 4.95. The van der Waals surface area contributed by atoms with Gasteiger partial charge in [0.15, 0.2) is 0 Å². The molecular formula is C16H24BrNO. The molecule has 1 atom stereocenters. The molecule has 0 saturated heterocycles. The molecule has 0 aromatic heterocycles. The Morgan fingerprint density at radius 3 is 2.79 bits per heavy atom. The summed E-state index contributed by atoms with van der Waals surface area (Å²) in [5.41, 5.74) is 2.48. The van der Waals surface area contributed by atoms with E-state index in [0.29, 0.717) is 12.6 Å². The Kier molecular flexibility index (Phi) is 7.17. The van der Waals surface area contributed by atoms with Crippen molar-refractivity contribution in [1.82, 2.24) is 5.32 Å². The molecule has 0 aliphatic rings. The minimum absolute atomic E-state index is 0.301. The third kappa shape index (κ3) is 5.79. The van der Waals surface area contributed by atoms with Gasteiger partial charge in [0.25, 0.3) is 0 Å². The summed E-state index contributed by atoms with van der Waals surface area (Å²) in [4.78, 5) is 0. The largest absolute Gasteiger partial charge is 0.489 e. The first-order chi connectivity index (χ1) is 9.04. The van der Waals surface area contributed by atoms with Crippen LogP contribution >= 0.6 is 15.9 Å². The van der Waals surface area contributed by atoms with Crippen molar-refractivity contribution >= 4 is 15.9 Å². The Hall–Kier alpha value is -0.800. The van der Waals surface area contributed by atoms with Crippen LogP contribution in [0.5, 0.6) is 5.75 Å². The minimum Gasteiger partial charge on any atom is -0.489 e. The van der Waals surface area contributed by atoms with Gasteiger partial charge in [-0.3, -0.25) is 0 Å². The van der Waals surface area contributed by atoms with Gasteiger partial charge in [0.05, 0.1) is 0 Å². The van der Waals surface area contributed by atoms with Gasteiger partial charge in [-0.2, -0.15) is 0 Å². The molecule has 1 aromatic carbocycles. The summed E-state index contributed by atoms with van der Waals surface area (Å²) in [6.45, 7) is 10.1. The summed E-state index contributed by atoms with van der Waals surface area (Å²) >= 11 is 3.50. The SMILES string of the molecule is CCCNC(C)c1ccc(Br)cc1OCC=C(C)C. The first-order valence-corrected chi connectivity index (χ1v) is 7.63. The highest BCUT2D eigenvalue weighted by Crippen LogP contribution is 2.28. The molecule has 106 valence electrons. The van der Waals surface area contributed by atoms with Crippen molar-refractivity contribution in [2.75, 3.05) is 13.2 Å². The first-order valence-electron chi connectivity index (χ1n) is 6.83. The summed E-state index contributed by atoms with van der Waals surface area (Å²) in [5, 5.41) is 3.50. The summed E-state index contributed by atoms with van der Waals surface area (Å²) in [7, 11) is 0. The topological polar surface area (TPSA) is 21.3 Å². The zero-order valence-corrected chi connectivity index (χ0v) is 13.9. The molecule has 19 heavy (non-hydrogen) atoms. The quantitative estimate of drug-likeness (QED) is 0.723. The summed E-state index contributed by atoms with van der Waals surface area (Å²) in [5.74, 6) is 0.947. The van der Waals surface area contributed by atoms with E-state index < -0.39 is 0 Å². The van der Waals surface area contributed by atoms with Gasteiger partial charge < -0.3 is 10.1 Å². The summed E-state index contributed by atoms with van der Waals surface area (Å²) < 4.78 is 6.93. The number of ether oxygens (including phenoxy) is 1. The standard InChI is InChI=1S/C16H24BrNO/c1-5-9-18-13(4)15-7-6-14(17)11-16(15)19-10-8-12(2)3/h6-8,11,13,18H,5,9-10H2,1-4H3. The van der Waals surface area contributed by atoms with Gasteiger partial charge in [-0.25, -0.2) is 0 Å². The van der Waals surface area contributed by atoms with Crippen LogP contribution in [-0.2, 0) is 0 Å². The van der Waals surface area contributed by atoms with Crippen LogP contribution < -0.4 is 10.1 Å². The van der Waals surface area contributed by atoms with Crippen molar-refractivity contribution in [3.63, 3.8) is 0 Å². The van der Waals surface area contributed by atoms with E-state index >= 15 is 0 Å². The van der Waals surface area contributed by atoms with E-state index in [-0.39, 0.29) is 0 Å². The average molecular weight is 326 g/mol. The summed E-state index contributed by atoms with van der Waals surface area (Å²) in [6, 6.07) is 6.52. The molecule has 0 bridgehead atoms. The van der Waals surface area contributed by atoms with Crippen molar-refractivity contribution in [3.8, 4) is 5.75 Å². The molecule has 1 unspecified atom stereocenters. The smallest absolute Gasteiger partial charge is 0.125 e. The Bertz CT molecular complexity index is 425. The second-order valence-corrected chi connectivity index (χ2v) is 5.87. The lowest BCUT2D eigenvalue weighted by Gasteiger charge is -2.18. The molecule has 0 aliphatic heterocycles. The van der Waals surface area contributed by atoms with Crippen LogP contribution in [0.15, 0.2) is 34.3 Å². The molecule has 1 aromatic rings. The van der Waals surface area contributed by atoms with Gasteiger partial charge in [-0.05, 0) is 51.9 Å². The molecule has 1 N–H and O–H groups in total. The molecular weight excluding hydrogens is 302 g/mol. The van der Waals surface area contributed by atoms with Crippen molar-refractivity contribution < 1.29 is 4.74 Å². The highest BCUT2D eigenvalue weighted by Gasteiger charge is 2.11. The number of allylic oxidation sites excluding steroid dienone is 1. The molecule has 0 fully saturated rings. The lowest BCUT2D eigenvalue weighted by Crippen LogP contribution is -2.20. The van der Waals surface area contributed by atoms with Crippen molar-refractivity contribution in [3.05, 3.63) is 39.9 Å². The number of nitrogens with one attached hydrogen (secondary N) is 1. The maximum absolute atomic E-state index is 5.88. The Balaban J connectivity index is 2.81. The number of halogens is 1. The van der Waals surface area contributed by atoms with E-state index in [1.165, 1.54) is 11.1 Å². The Morgan fingerprint density at radius 1 is 1.42 bits per heavy atom. The molecule has 0 saturated carbocycles. The fourth-order valence-electron chi connectivity index (χ4n) is 1.76.